The Morgan fingerprint density at radius 3 is 2.30 bits per heavy atom. The Kier molecular flexibility index (Phi) is 21.4. The molecule has 0 aliphatic heterocycles. The van der Waals surface area contributed by atoms with E-state index in [0.29, 0.717) is 26.0 Å². The number of benzene rings is 1. The second kappa shape index (κ2) is 19.1. The van der Waals surface area contributed by atoms with Gasteiger partial charge in [-0.3, -0.25) is 9.59 Å². The maximum absolute atomic E-state index is 11.6. The number of amides is 2. The summed E-state index contributed by atoms with van der Waals surface area (Å²) in [6, 6.07) is 7.19. The van der Waals surface area contributed by atoms with E-state index in [2.05, 4.69) is 10.6 Å². The fraction of sp³-hybridized carbons (Fsp3) is 0.444. The zero-order valence-electron chi connectivity index (χ0n) is 16.3. The topological polar surface area (TPSA) is 106 Å². The monoisotopic (exact) mass is 516 g/mol. The second-order valence-electron chi connectivity index (χ2n) is 5.54. The van der Waals surface area contributed by atoms with E-state index >= 15 is 0 Å². The molecule has 7 nitrogen and oxygen atoms in total. The fourth-order valence-corrected chi connectivity index (χ4v) is 2.03. The number of carbonyl (C=O) groups is 4. The molecule has 0 saturated carbocycles. The van der Waals surface area contributed by atoms with Crippen molar-refractivity contribution in [1.29, 1.82) is 0 Å². The van der Waals surface area contributed by atoms with Gasteiger partial charge in [0.1, 0.15) is 11.6 Å². The summed E-state index contributed by atoms with van der Waals surface area (Å²) in [5, 5.41) is 7.40. The number of nitrogens with zero attached hydrogens (tertiary/aromatic N) is 2. The van der Waals surface area contributed by atoms with Crippen LogP contribution in [0.15, 0.2) is 24.3 Å². The van der Waals surface area contributed by atoms with E-state index in [9.17, 15) is 19.2 Å². The molecule has 0 aliphatic carbocycles. The first-order valence-corrected chi connectivity index (χ1v) is 7.98. The third-order valence-electron chi connectivity index (χ3n) is 3.18. The Labute approximate surface area is 257 Å². The van der Waals surface area contributed by atoms with E-state index in [-0.39, 0.29) is 160 Å². The maximum atomic E-state index is 11.6. The predicted molar refractivity (Wildman–Crippen MR) is 92.2 cm³/mol. The molecule has 0 bridgehead atoms. The number of hydrogen-bond donors (Lipinski definition) is 0. The van der Waals surface area contributed by atoms with Crippen LogP contribution in [0.4, 0.5) is 0 Å². The van der Waals surface area contributed by atoms with Crippen molar-refractivity contribution in [2.24, 2.45) is 0 Å². The van der Waals surface area contributed by atoms with Crippen molar-refractivity contribution < 1.29 is 140 Å². The van der Waals surface area contributed by atoms with Gasteiger partial charge in [-0.1, -0.05) is 29.8 Å². The van der Waals surface area contributed by atoms with Gasteiger partial charge in [0.15, 0.2) is 0 Å². The predicted octanol–water partition coefficient (Wildman–Crippen LogP) is -3.88. The number of Topliss-reactive ketones (excluding diaryl/α,β-unsaturated/α-hetero) is 2. The molecule has 9 heteroatoms. The molecule has 0 heterocycles. The molecule has 1 aromatic rings. The average Bonchev–Trinajstić information content (AvgIpc) is 2.56. The first-order chi connectivity index (χ1) is 12.0. The molecule has 1 rings (SSSR count). The van der Waals surface area contributed by atoms with Gasteiger partial charge in [0, 0.05) is 19.4 Å². The molecule has 27 heavy (non-hydrogen) atoms. The summed E-state index contributed by atoms with van der Waals surface area (Å²) in [7, 11) is 0. The summed E-state index contributed by atoms with van der Waals surface area (Å²) >= 11 is 0. The molecule has 0 spiro atoms. The third kappa shape index (κ3) is 16.5. The average molecular weight is 517 g/mol. The van der Waals surface area contributed by atoms with Crippen LogP contribution in [0.25, 0.3) is 10.6 Å². The zero-order chi connectivity index (χ0) is 18.5. The third-order valence-corrected chi connectivity index (χ3v) is 3.18. The van der Waals surface area contributed by atoms with Gasteiger partial charge >= 0.3 is 116 Å². The Balaban J connectivity index is 0. The number of ketones is 2. The molecule has 0 aromatic heterocycles. The summed E-state index contributed by atoms with van der Waals surface area (Å²) in [5.74, 6) is -0.606. The minimum Gasteiger partial charge on any atom is -0.656 e. The molecule has 2 amide bonds. The van der Waals surface area contributed by atoms with Gasteiger partial charge in [-0.05, 0) is 18.9 Å². The Bertz CT molecular complexity index is 594. The van der Waals surface area contributed by atoms with Crippen molar-refractivity contribution in [3.8, 4) is 0 Å². The van der Waals surface area contributed by atoms with Crippen LogP contribution in [-0.4, -0.2) is 43.6 Å². The fourth-order valence-electron chi connectivity index (χ4n) is 2.03. The van der Waals surface area contributed by atoms with Gasteiger partial charge < -0.3 is 25.0 Å². The van der Waals surface area contributed by atoms with Crippen LogP contribution in [0.1, 0.15) is 30.9 Å². The first kappa shape index (κ1) is 30.3. The van der Waals surface area contributed by atoms with E-state index in [1.54, 1.807) is 24.3 Å². The molecular weight excluding hydrogens is 495 g/mol. The number of hydrogen-bond acceptors (Lipinski definition) is 5. The van der Waals surface area contributed by atoms with Crippen molar-refractivity contribution in [2.75, 3.05) is 19.8 Å². The van der Waals surface area contributed by atoms with Crippen molar-refractivity contribution in [2.45, 2.75) is 32.7 Å². The van der Waals surface area contributed by atoms with Crippen LogP contribution in [0.2, 0.25) is 0 Å². The molecule has 0 radical (unpaired) electrons. The zero-order valence-corrected chi connectivity index (χ0v) is 26.1. The summed E-state index contributed by atoms with van der Waals surface area (Å²) in [4.78, 5) is 44.0. The summed E-state index contributed by atoms with van der Waals surface area (Å²) in [6.07, 6.45) is 1.25. The van der Waals surface area contributed by atoms with Gasteiger partial charge in [-0.15, -0.1) is 13.1 Å². The van der Waals surface area contributed by atoms with Crippen molar-refractivity contribution in [1.82, 2.24) is 0 Å². The van der Waals surface area contributed by atoms with Crippen LogP contribution < -0.4 is 116 Å². The quantitative estimate of drug-likeness (QED) is 0.151. The van der Waals surface area contributed by atoms with E-state index in [4.69, 9.17) is 4.74 Å². The van der Waals surface area contributed by atoms with Crippen LogP contribution >= 0.6 is 0 Å². The van der Waals surface area contributed by atoms with E-state index < -0.39 is 0 Å². The summed E-state index contributed by atoms with van der Waals surface area (Å²) in [6.45, 7) is 2.27. The SMILES string of the molecule is CC(=O)CC(=O)Cc1ccc(C[N-]C(=O)COCCC[N-]C=O)cc1.[Rb+].[Rb+]. The van der Waals surface area contributed by atoms with Gasteiger partial charge in [0.25, 0.3) is 0 Å². The van der Waals surface area contributed by atoms with Gasteiger partial charge in [-0.2, -0.15) is 0 Å². The second-order valence-corrected chi connectivity index (χ2v) is 5.54. The number of carbonyl (C=O) groups excluding carboxylic acids is 4. The molecule has 1 aromatic carbocycles. The van der Waals surface area contributed by atoms with Gasteiger partial charge in [-0.25, -0.2) is 0 Å². The van der Waals surface area contributed by atoms with Crippen molar-refractivity contribution >= 4 is 23.9 Å². The van der Waals surface area contributed by atoms with Gasteiger partial charge in [0.05, 0.1) is 18.9 Å². The number of rotatable bonds is 13. The van der Waals surface area contributed by atoms with Crippen molar-refractivity contribution in [3.63, 3.8) is 0 Å². The molecule has 0 N–H and O–H groups in total. The Morgan fingerprint density at radius 1 is 1.07 bits per heavy atom. The minimum absolute atomic E-state index is 0. The van der Waals surface area contributed by atoms with Crippen LogP contribution in [0.3, 0.4) is 0 Å². The maximum Gasteiger partial charge on any atom is 1.00 e. The van der Waals surface area contributed by atoms with Crippen LogP contribution in [-0.2, 0) is 36.9 Å². The number of ether oxygens (including phenoxy) is 1. The molecular formula is C18H22N2O5Rb2. The molecule has 136 valence electrons. The molecule has 0 aliphatic rings. The molecule has 0 unspecified atom stereocenters. The van der Waals surface area contributed by atoms with E-state index in [1.165, 1.54) is 6.92 Å². The summed E-state index contributed by atoms with van der Waals surface area (Å²) < 4.78 is 5.14. The van der Waals surface area contributed by atoms with Crippen molar-refractivity contribution in [3.05, 3.63) is 46.0 Å². The van der Waals surface area contributed by atoms with Crippen LogP contribution in [0, 0.1) is 0 Å². The molecule has 0 atom stereocenters. The van der Waals surface area contributed by atoms with Gasteiger partial charge in [0.2, 0.25) is 0 Å². The van der Waals surface area contributed by atoms with E-state index in [1.807, 2.05) is 0 Å². The molecule has 0 fully saturated rings. The Morgan fingerprint density at radius 2 is 1.70 bits per heavy atom. The summed E-state index contributed by atoms with van der Waals surface area (Å²) in [5.41, 5.74) is 1.67. The van der Waals surface area contributed by atoms with Crippen LogP contribution in [0.5, 0.6) is 0 Å². The Hall–Kier alpha value is 1.07. The molecule has 0 saturated heterocycles. The minimum atomic E-state index is -0.354. The first-order valence-electron chi connectivity index (χ1n) is 7.98. The standard InChI is InChI=1S/C18H24N2O5.2Rb/c1-14(22)9-17(23)10-15-3-5-16(6-4-15)11-20-18(24)12-25-8-2-7-19-13-21;;/h3-6,13H,2,7-12H2,1H3,(H2,19,20,21,24);;/q;2*+1/p-2. The smallest absolute Gasteiger partial charge is 0.656 e. The normalized spacial score (nSPS) is 9.37. The largest absolute Gasteiger partial charge is 1.00 e. The van der Waals surface area contributed by atoms with E-state index in [0.717, 1.165) is 11.1 Å².